The Labute approximate surface area is 173 Å². The van der Waals surface area contributed by atoms with Crippen LogP contribution in [0, 0.1) is 21.4 Å². The molecule has 148 valence electrons. The molecule has 4 aromatic rings. The zero-order valence-corrected chi connectivity index (χ0v) is 16.3. The van der Waals surface area contributed by atoms with Crippen molar-refractivity contribution >= 4 is 33.6 Å². The van der Waals surface area contributed by atoms with Crippen LogP contribution in [0.3, 0.4) is 0 Å². The van der Waals surface area contributed by atoms with Gasteiger partial charge in [-0.3, -0.25) is 19.3 Å². The Hall–Kier alpha value is -4.23. The summed E-state index contributed by atoms with van der Waals surface area (Å²) in [6.45, 7) is 0. The molecule has 0 saturated heterocycles. The lowest BCUT2D eigenvalue weighted by atomic mass is 10.1. The van der Waals surface area contributed by atoms with Gasteiger partial charge in [-0.1, -0.05) is 0 Å². The lowest BCUT2D eigenvalue weighted by Crippen LogP contribution is -2.14. The molecule has 10 heteroatoms. The summed E-state index contributed by atoms with van der Waals surface area (Å²) in [5.41, 5.74) is 1.90. The van der Waals surface area contributed by atoms with E-state index in [1.165, 1.54) is 23.5 Å². The number of hydrogen-bond acceptors (Lipinski definition) is 7. The number of amides is 1. The first-order chi connectivity index (χ1) is 14.5. The second kappa shape index (κ2) is 7.65. The predicted molar refractivity (Wildman–Crippen MR) is 111 cm³/mol. The van der Waals surface area contributed by atoms with Crippen molar-refractivity contribution in [2.24, 2.45) is 0 Å². The highest BCUT2D eigenvalue weighted by Crippen LogP contribution is 2.27. The molecule has 30 heavy (non-hydrogen) atoms. The van der Waals surface area contributed by atoms with Crippen LogP contribution in [0.2, 0.25) is 0 Å². The summed E-state index contributed by atoms with van der Waals surface area (Å²) in [7, 11) is 1.59. The van der Waals surface area contributed by atoms with Crippen molar-refractivity contribution in [2.75, 3.05) is 12.4 Å². The average molecular weight is 419 g/mol. The number of carbonyl (C=O) groups excluding carboxylic acids is 1. The largest absolute Gasteiger partial charge is 0.497 e. The third-order valence-corrected chi connectivity index (χ3v) is 5.25. The number of nitrogens with zero attached hydrogens (tertiary/aromatic N) is 4. The summed E-state index contributed by atoms with van der Waals surface area (Å²) >= 11 is 1.30. The number of fused-ring (bicyclic) bond motifs is 1. The molecule has 0 aliphatic rings. The molecule has 0 unspecified atom stereocenters. The van der Waals surface area contributed by atoms with Gasteiger partial charge in [0.05, 0.1) is 29.0 Å². The van der Waals surface area contributed by atoms with Gasteiger partial charge in [0, 0.05) is 29.3 Å². The molecule has 0 radical (unpaired) electrons. The zero-order chi connectivity index (χ0) is 21.3. The van der Waals surface area contributed by atoms with E-state index in [1.807, 2.05) is 30.3 Å². The number of nitriles is 1. The number of methoxy groups -OCH3 is 1. The molecule has 4 rings (SSSR count). The normalized spacial score (nSPS) is 10.5. The number of nitro groups is 1. The Balaban J connectivity index is 1.63. The summed E-state index contributed by atoms with van der Waals surface area (Å²) in [5.74, 6) is 0.279. The number of benzene rings is 2. The Morgan fingerprint density at radius 2 is 2.07 bits per heavy atom. The van der Waals surface area contributed by atoms with Crippen molar-refractivity contribution < 1.29 is 14.5 Å². The van der Waals surface area contributed by atoms with E-state index in [1.54, 1.807) is 23.1 Å². The number of aromatic nitrogens is 2. The monoisotopic (exact) mass is 419 g/mol. The lowest BCUT2D eigenvalue weighted by Gasteiger charge is -2.06. The molecule has 0 atom stereocenters. The van der Waals surface area contributed by atoms with Crippen LogP contribution >= 0.6 is 11.3 Å². The van der Waals surface area contributed by atoms with Gasteiger partial charge in [0.1, 0.15) is 17.5 Å². The standard InChI is InChI=1S/C20H13N5O4S/c1-29-15-5-2-12(3-6-15)17-10-24-18(11-30-20(24)23-17)19(26)22-16-7-4-14(25(27)28)8-13(16)9-21/h2-8,10-11H,1H3,(H,22,26). The molecule has 0 spiro atoms. The summed E-state index contributed by atoms with van der Waals surface area (Å²) in [6, 6.07) is 13.0. The molecule has 1 N–H and O–H groups in total. The van der Waals surface area contributed by atoms with Crippen molar-refractivity contribution in [1.82, 2.24) is 9.38 Å². The van der Waals surface area contributed by atoms with E-state index >= 15 is 0 Å². The van der Waals surface area contributed by atoms with Crippen molar-refractivity contribution in [3.63, 3.8) is 0 Å². The second-order valence-corrected chi connectivity index (χ2v) is 7.02. The zero-order valence-electron chi connectivity index (χ0n) is 15.5. The Morgan fingerprint density at radius 3 is 2.73 bits per heavy atom. The summed E-state index contributed by atoms with van der Waals surface area (Å²) < 4.78 is 6.82. The van der Waals surface area contributed by atoms with Crippen LogP contribution in [-0.4, -0.2) is 27.3 Å². The maximum atomic E-state index is 12.8. The van der Waals surface area contributed by atoms with Gasteiger partial charge in [0.15, 0.2) is 4.96 Å². The van der Waals surface area contributed by atoms with E-state index in [4.69, 9.17) is 4.74 Å². The number of hydrogen-bond donors (Lipinski definition) is 1. The highest BCUT2D eigenvalue weighted by atomic mass is 32.1. The number of carbonyl (C=O) groups is 1. The molecule has 0 bridgehead atoms. The van der Waals surface area contributed by atoms with Crippen molar-refractivity contribution in [3.05, 3.63) is 75.4 Å². The van der Waals surface area contributed by atoms with E-state index in [2.05, 4.69) is 10.3 Å². The third-order valence-electron chi connectivity index (χ3n) is 4.41. The SMILES string of the molecule is COc1ccc(-c2cn3c(C(=O)Nc4ccc([N+](=O)[O-])cc4C#N)csc3n2)cc1. The number of imidazole rings is 1. The average Bonchev–Trinajstić information content (AvgIpc) is 3.34. The third kappa shape index (κ3) is 3.45. The molecule has 2 aromatic heterocycles. The molecular formula is C20H13N5O4S. The van der Waals surface area contributed by atoms with Gasteiger partial charge < -0.3 is 10.1 Å². The van der Waals surface area contributed by atoms with Crippen LogP contribution in [0.4, 0.5) is 11.4 Å². The molecule has 1 amide bonds. The fourth-order valence-corrected chi connectivity index (χ4v) is 3.74. The van der Waals surface area contributed by atoms with Gasteiger partial charge in [-0.05, 0) is 30.3 Å². The molecular weight excluding hydrogens is 406 g/mol. The molecule has 2 heterocycles. The van der Waals surface area contributed by atoms with Gasteiger partial charge in [0.2, 0.25) is 0 Å². The lowest BCUT2D eigenvalue weighted by molar-refractivity contribution is -0.384. The summed E-state index contributed by atoms with van der Waals surface area (Å²) in [6.07, 6.45) is 1.75. The first-order valence-electron chi connectivity index (χ1n) is 8.61. The fourth-order valence-electron chi connectivity index (χ4n) is 2.88. The molecule has 0 aliphatic heterocycles. The molecule has 0 fully saturated rings. The highest BCUT2D eigenvalue weighted by Gasteiger charge is 2.18. The summed E-state index contributed by atoms with van der Waals surface area (Å²) in [5, 5.41) is 24.4. The first kappa shape index (κ1) is 19.1. The first-order valence-corrected chi connectivity index (χ1v) is 9.49. The van der Waals surface area contributed by atoms with Crippen molar-refractivity contribution in [1.29, 1.82) is 5.26 Å². The van der Waals surface area contributed by atoms with Gasteiger partial charge in [0.25, 0.3) is 11.6 Å². The van der Waals surface area contributed by atoms with E-state index < -0.39 is 10.8 Å². The van der Waals surface area contributed by atoms with E-state index in [0.29, 0.717) is 16.3 Å². The van der Waals surface area contributed by atoms with E-state index in [0.717, 1.165) is 17.4 Å². The predicted octanol–water partition coefficient (Wildman–Crippen LogP) is 4.10. The number of thiazole rings is 1. The molecule has 0 aliphatic carbocycles. The Morgan fingerprint density at radius 1 is 1.30 bits per heavy atom. The molecule has 0 saturated carbocycles. The molecule has 2 aromatic carbocycles. The van der Waals surface area contributed by atoms with Crippen LogP contribution in [0.1, 0.15) is 16.1 Å². The number of non-ortho nitro benzene ring substituents is 1. The smallest absolute Gasteiger partial charge is 0.273 e. The number of nitrogens with one attached hydrogen (secondary N) is 1. The van der Waals surface area contributed by atoms with Crippen molar-refractivity contribution in [3.8, 4) is 23.1 Å². The van der Waals surface area contributed by atoms with E-state index in [-0.39, 0.29) is 16.9 Å². The second-order valence-electron chi connectivity index (χ2n) is 6.18. The molecule has 9 nitrogen and oxygen atoms in total. The number of rotatable bonds is 5. The number of ether oxygens (including phenoxy) is 1. The Kier molecular flexibility index (Phi) is 4.87. The fraction of sp³-hybridized carbons (Fsp3) is 0.0500. The minimum absolute atomic E-state index is 0.00794. The van der Waals surface area contributed by atoms with Crippen LogP contribution in [0.15, 0.2) is 54.0 Å². The highest BCUT2D eigenvalue weighted by molar-refractivity contribution is 7.15. The van der Waals surface area contributed by atoms with Gasteiger partial charge >= 0.3 is 0 Å². The maximum Gasteiger partial charge on any atom is 0.273 e. The minimum atomic E-state index is -0.596. The van der Waals surface area contributed by atoms with Gasteiger partial charge in [-0.15, -0.1) is 11.3 Å². The maximum absolute atomic E-state index is 12.8. The van der Waals surface area contributed by atoms with Crippen LogP contribution in [0.5, 0.6) is 5.75 Å². The van der Waals surface area contributed by atoms with E-state index in [9.17, 15) is 20.2 Å². The van der Waals surface area contributed by atoms with Gasteiger partial charge in [-0.2, -0.15) is 5.26 Å². The minimum Gasteiger partial charge on any atom is -0.497 e. The van der Waals surface area contributed by atoms with Crippen molar-refractivity contribution in [2.45, 2.75) is 0 Å². The number of anilines is 1. The Bertz CT molecular complexity index is 1320. The topological polar surface area (TPSA) is 123 Å². The van der Waals surface area contributed by atoms with Gasteiger partial charge in [-0.25, -0.2) is 4.98 Å². The summed E-state index contributed by atoms with van der Waals surface area (Å²) in [4.78, 5) is 28.3. The van der Waals surface area contributed by atoms with Crippen LogP contribution in [-0.2, 0) is 0 Å². The van der Waals surface area contributed by atoms with Crippen LogP contribution < -0.4 is 10.1 Å². The quantitative estimate of drug-likeness (QED) is 0.384. The van der Waals surface area contributed by atoms with Crippen LogP contribution in [0.25, 0.3) is 16.2 Å². The number of nitro benzene ring substituents is 1.